The summed E-state index contributed by atoms with van der Waals surface area (Å²) >= 11 is 1.26. The summed E-state index contributed by atoms with van der Waals surface area (Å²) < 4.78 is 5.68. The second kappa shape index (κ2) is 9.51. The van der Waals surface area contributed by atoms with Gasteiger partial charge in [0.05, 0.1) is 12.0 Å². The van der Waals surface area contributed by atoms with E-state index in [9.17, 15) is 4.79 Å². The summed E-state index contributed by atoms with van der Waals surface area (Å²) in [6, 6.07) is 7.20. The van der Waals surface area contributed by atoms with Crippen molar-refractivity contribution < 1.29 is 9.53 Å². The van der Waals surface area contributed by atoms with Crippen molar-refractivity contribution in [2.45, 2.75) is 10.1 Å². The lowest BCUT2D eigenvalue weighted by molar-refractivity contribution is -0.111. The SMILES string of the molecule is C=CC(=O)Nc1cc(N)nc(Sc2c(OC)nc(N3CCN(C)CC3)c3cc(N)ccc23)n1. The van der Waals surface area contributed by atoms with Gasteiger partial charge in [0.2, 0.25) is 11.8 Å². The van der Waals surface area contributed by atoms with Crippen molar-refractivity contribution in [2.75, 3.05) is 62.0 Å². The zero-order valence-corrected chi connectivity index (χ0v) is 19.4. The molecule has 0 atom stereocenters. The lowest BCUT2D eigenvalue weighted by atomic mass is 10.1. The van der Waals surface area contributed by atoms with Crippen LogP contribution in [0, 0.1) is 0 Å². The molecule has 0 radical (unpaired) electrons. The van der Waals surface area contributed by atoms with Crippen LogP contribution in [0.1, 0.15) is 0 Å². The van der Waals surface area contributed by atoms with Gasteiger partial charge in [-0.05, 0) is 37.0 Å². The molecule has 3 aromatic rings. The molecule has 0 saturated carbocycles. The minimum Gasteiger partial charge on any atom is -0.480 e. The number of hydrogen-bond acceptors (Lipinski definition) is 10. The third-order valence-electron chi connectivity index (χ3n) is 5.28. The lowest BCUT2D eigenvalue weighted by Crippen LogP contribution is -2.44. The van der Waals surface area contributed by atoms with Gasteiger partial charge < -0.3 is 31.3 Å². The molecule has 2 aromatic heterocycles. The summed E-state index contributed by atoms with van der Waals surface area (Å²) in [5, 5.41) is 4.80. The van der Waals surface area contributed by atoms with E-state index in [4.69, 9.17) is 21.2 Å². The van der Waals surface area contributed by atoms with Crippen LogP contribution in [-0.4, -0.2) is 66.1 Å². The summed E-state index contributed by atoms with van der Waals surface area (Å²) in [4.78, 5) is 30.5. The molecule has 1 saturated heterocycles. The Balaban J connectivity index is 1.79. The van der Waals surface area contributed by atoms with Crippen molar-refractivity contribution in [3.63, 3.8) is 0 Å². The number of benzene rings is 1. The Morgan fingerprint density at radius 1 is 1.15 bits per heavy atom. The highest BCUT2D eigenvalue weighted by Crippen LogP contribution is 2.42. The fraction of sp³-hybridized carbons (Fsp3) is 0.273. The standard InChI is InChI=1S/C22H26N8O2S/c1-4-18(31)26-17-12-16(24)25-22(27-17)33-19-14-6-5-13(23)11-15(14)20(28-21(19)32-3)30-9-7-29(2)8-10-30/h4-6,11-12H,1,7-10,23H2,2-3H3,(H3,24,25,26,27,31). The molecule has 0 unspecified atom stereocenters. The highest BCUT2D eigenvalue weighted by Gasteiger charge is 2.23. The van der Waals surface area contributed by atoms with Crippen molar-refractivity contribution in [1.29, 1.82) is 0 Å². The molecule has 11 heteroatoms. The van der Waals surface area contributed by atoms with Crippen molar-refractivity contribution in [3.8, 4) is 5.88 Å². The Hall–Kier alpha value is -3.57. The van der Waals surface area contributed by atoms with E-state index < -0.39 is 0 Å². The maximum atomic E-state index is 11.7. The normalized spacial score (nSPS) is 14.3. The lowest BCUT2D eigenvalue weighted by Gasteiger charge is -2.34. The van der Waals surface area contributed by atoms with Crippen molar-refractivity contribution in [2.24, 2.45) is 0 Å². The van der Waals surface area contributed by atoms with E-state index in [1.165, 1.54) is 17.8 Å². The molecule has 1 aliphatic heterocycles. The van der Waals surface area contributed by atoms with E-state index in [1.807, 2.05) is 18.2 Å². The zero-order chi connectivity index (χ0) is 23.5. The minimum atomic E-state index is -0.388. The van der Waals surface area contributed by atoms with Gasteiger partial charge in [0.25, 0.3) is 0 Å². The second-order valence-corrected chi connectivity index (χ2v) is 8.60. The van der Waals surface area contributed by atoms with Crippen LogP contribution >= 0.6 is 11.8 Å². The Bertz CT molecular complexity index is 1210. The molecule has 1 fully saturated rings. The molecule has 0 spiro atoms. The third kappa shape index (κ3) is 4.94. The maximum Gasteiger partial charge on any atom is 0.248 e. The highest BCUT2D eigenvalue weighted by molar-refractivity contribution is 7.99. The summed E-state index contributed by atoms with van der Waals surface area (Å²) in [6.45, 7) is 7.05. The molecule has 5 N–H and O–H groups in total. The zero-order valence-electron chi connectivity index (χ0n) is 18.5. The summed E-state index contributed by atoms with van der Waals surface area (Å²) in [7, 11) is 3.69. The smallest absolute Gasteiger partial charge is 0.248 e. The van der Waals surface area contributed by atoms with Gasteiger partial charge in [-0.3, -0.25) is 4.79 Å². The molecule has 33 heavy (non-hydrogen) atoms. The van der Waals surface area contributed by atoms with Gasteiger partial charge in [0.1, 0.15) is 17.5 Å². The molecule has 1 aliphatic rings. The van der Waals surface area contributed by atoms with Crippen molar-refractivity contribution in [3.05, 3.63) is 36.9 Å². The summed E-state index contributed by atoms with van der Waals surface area (Å²) in [6.07, 6.45) is 1.16. The van der Waals surface area contributed by atoms with Crippen LogP contribution in [0.3, 0.4) is 0 Å². The van der Waals surface area contributed by atoms with Crippen LogP contribution < -0.4 is 26.4 Å². The molecule has 1 aromatic carbocycles. The number of ether oxygens (including phenoxy) is 1. The van der Waals surface area contributed by atoms with E-state index >= 15 is 0 Å². The van der Waals surface area contributed by atoms with E-state index in [2.05, 4.69) is 38.7 Å². The number of fused-ring (bicyclic) bond motifs is 1. The van der Waals surface area contributed by atoms with Crippen LogP contribution in [0.4, 0.5) is 23.1 Å². The number of amides is 1. The number of piperazine rings is 1. The first-order valence-electron chi connectivity index (χ1n) is 10.3. The van der Waals surface area contributed by atoms with Crippen LogP contribution in [0.5, 0.6) is 5.88 Å². The number of rotatable bonds is 6. The molecule has 172 valence electrons. The molecular weight excluding hydrogens is 440 g/mol. The van der Waals surface area contributed by atoms with Crippen LogP contribution in [-0.2, 0) is 4.79 Å². The Kier molecular flexibility index (Phi) is 6.52. The molecule has 3 heterocycles. The average Bonchev–Trinajstić information content (AvgIpc) is 2.79. The first-order valence-corrected chi connectivity index (χ1v) is 11.2. The Labute approximate surface area is 196 Å². The topological polar surface area (TPSA) is 136 Å². The van der Waals surface area contributed by atoms with Crippen LogP contribution in [0.25, 0.3) is 10.8 Å². The van der Waals surface area contributed by atoms with Crippen molar-refractivity contribution in [1.82, 2.24) is 19.9 Å². The number of carbonyl (C=O) groups excluding carboxylic acids is 1. The van der Waals surface area contributed by atoms with Gasteiger partial charge in [-0.25, -0.2) is 9.97 Å². The number of pyridine rings is 1. The largest absolute Gasteiger partial charge is 0.480 e. The number of carbonyl (C=O) groups is 1. The van der Waals surface area contributed by atoms with Gasteiger partial charge in [-0.2, -0.15) is 4.98 Å². The number of nitrogens with zero attached hydrogens (tertiary/aromatic N) is 5. The van der Waals surface area contributed by atoms with Crippen molar-refractivity contribution >= 4 is 51.6 Å². The summed E-state index contributed by atoms with van der Waals surface area (Å²) in [5.41, 5.74) is 12.7. The fourth-order valence-electron chi connectivity index (χ4n) is 3.58. The molecule has 10 nitrogen and oxygen atoms in total. The van der Waals surface area contributed by atoms with E-state index in [0.717, 1.165) is 53.7 Å². The molecule has 0 bridgehead atoms. The molecular formula is C22H26N8O2S. The average molecular weight is 467 g/mol. The number of nitrogens with one attached hydrogen (secondary N) is 1. The van der Waals surface area contributed by atoms with E-state index in [-0.39, 0.29) is 17.5 Å². The Morgan fingerprint density at radius 2 is 1.91 bits per heavy atom. The monoisotopic (exact) mass is 466 g/mol. The quantitative estimate of drug-likeness (QED) is 0.282. The molecule has 0 aliphatic carbocycles. The number of hydrogen-bond donors (Lipinski definition) is 3. The van der Waals surface area contributed by atoms with Crippen LogP contribution in [0.15, 0.2) is 47.0 Å². The number of nitrogens with two attached hydrogens (primary N) is 2. The fourth-order valence-corrected chi connectivity index (χ4v) is 4.57. The second-order valence-electron chi connectivity index (χ2n) is 7.63. The van der Waals surface area contributed by atoms with E-state index in [1.54, 1.807) is 7.11 Å². The predicted octanol–water partition coefficient (Wildman–Crippen LogP) is 2.23. The minimum absolute atomic E-state index is 0.224. The molecule has 1 amide bonds. The number of likely N-dealkylation sites (N-methyl/N-ethyl adjacent to an activating group) is 1. The first-order chi connectivity index (χ1) is 15.9. The number of nitrogen functional groups attached to an aromatic ring is 2. The maximum absolute atomic E-state index is 11.7. The number of anilines is 4. The van der Waals surface area contributed by atoms with Gasteiger partial charge >= 0.3 is 0 Å². The van der Waals surface area contributed by atoms with Gasteiger partial charge in [-0.1, -0.05) is 12.6 Å². The van der Waals surface area contributed by atoms with Gasteiger partial charge in [-0.15, -0.1) is 0 Å². The number of methoxy groups -OCH3 is 1. The third-order valence-corrected chi connectivity index (χ3v) is 6.25. The van der Waals surface area contributed by atoms with Gasteiger partial charge in [0, 0.05) is 48.7 Å². The van der Waals surface area contributed by atoms with Gasteiger partial charge in [0.15, 0.2) is 5.16 Å². The summed E-state index contributed by atoms with van der Waals surface area (Å²) in [5.74, 6) is 1.40. The predicted molar refractivity (Wildman–Crippen MR) is 132 cm³/mol. The Morgan fingerprint density at radius 3 is 2.61 bits per heavy atom. The number of aromatic nitrogens is 3. The highest BCUT2D eigenvalue weighted by atomic mass is 32.2. The van der Waals surface area contributed by atoms with Crippen LogP contribution in [0.2, 0.25) is 0 Å². The first kappa shape index (κ1) is 22.6. The molecule has 4 rings (SSSR count). The van der Waals surface area contributed by atoms with E-state index in [0.29, 0.717) is 16.7 Å².